The molecule has 2 rings (SSSR count). The van der Waals surface area contributed by atoms with Crippen LogP contribution in [0.15, 0.2) is 48.7 Å². The summed E-state index contributed by atoms with van der Waals surface area (Å²) in [6, 6.07) is 13.6. The second kappa shape index (κ2) is 5.66. The molecule has 0 aliphatic rings. The molecule has 0 radical (unpaired) electrons. The van der Waals surface area contributed by atoms with Gasteiger partial charge in [-0.15, -0.1) is 0 Å². The van der Waals surface area contributed by atoms with Crippen LogP contribution in [0.1, 0.15) is 11.6 Å². The Bertz CT molecular complexity index is 473. The SMILES string of the molecule is NCC(Nc1ncccc1Cl)c1ccccc1. The van der Waals surface area contributed by atoms with E-state index < -0.39 is 0 Å². The van der Waals surface area contributed by atoms with Crippen LogP contribution >= 0.6 is 11.6 Å². The number of hydrogen-bond acceptors (Lipinski definition) is 3. The summed E-state index contributed by atoms with van der Waals surface area (Å²) in [5.41, 5.74) is 6.89. The van der Waals surface area contributed by atoms with E-state index in [0.29, 0.717) is 17.4 Å². The number of halogens is 1. The van der Waals surface area contributed by atoms with E-state index in [-0.39, 0.29) is 6.04 Å². The van der Waals surface area contributed by atoms with Gasteiger partial charge >= 0.3 is 0 Å². The van der Waals surface area contributed by atoms with Crippen LogP contribution in [0.25, 0.3) is 0 Å². The van der Waals surface area contributed by atoms with Gasteiger partial charge in [0.2, 0.25) is 0 Å². The van der Waals surface area contributed by atoms with Gasteiger partial charge in [-0.25, -0.2) is 4.98 Å². The van der Waals surface area contributed by atoms with Crippen molar-refractivity contribution in [2.24, 2.45) is 5.73 Å². The molecule has 0 fully saturated rings. The molecule has 3 nitrogen and oxygen atoms in total. The van der Waals surface area contributed by atoms with Crippen LogP contribution in [0.2, 0.25) is 5.02 Å². The zero-order valence-corrected chi connectivity index (χ0v) is 10.1. The summed E-state index contributed by atoms with van der Waals surface area (Å²) in [5, 5.41) is 3.84. The monoisotopic (exact) mass is 247 g/mol. The average molecular weight is 248 g/mol. The third kappa shape index (κ3) is 2.96. The van der Waals surface area contributed by atoms with E-state index in [4.69, 9.17) is 17.3 Å². The number of hydrogen-bond donors (Lipinski definition) is 2. The summed E-state index contributed by atoms with van der Waals surface area (Å²) in [7, 11) is 0. The van der Waals surface area contributed by atoms with Crippen molar-refractivity contribution in [2.45, 2.75) is 6.04 Å². The molecule has 1 unspecified atom stereocenters. The summed E-state index contributed by atoms with van der Waals surface area (Å²) < 4.78 is 0. The van der Waals surface area contributed by atoms with Gasteiger partial charge in [0.05, 0.1) is 11.1 Å². The molecule has 3 N–H and O–H groups in total. The first kappa shape index (κ1) is 11.9. The molecule has 2 aromatic rings. The molecule has 4 heteroatoms. The number of aromatic nitrogens is 1. The predicted molar refractivity (Wildman–Crippen MR) is 71.1 cm³/mol. The highest BCUT2D eigenvalue weighted by Crippen LogP contribution is 2.23. The van der Waals surface area contributed by atoms with Crippen LogP contribution in [-0.2, 0) is 0 Å². The number of anilines is 1. The first-order valence-electron chi connectivity index (χ1n) is 5.43. The first-order chi connectivity index (χ1) is 8.31. The molecule has 1 atom stereocenters. The number of rotatable bonds is 4. The van der Waals surface area contributed by atoms with E-state index in [1.54, 1.807) is 18.3 Å². The number of nitrogens with two attached hydrogens (primary N) is 1. The number of pyridine rings is 1. The molecule has 0 spiro atoms. The van der Waals surface area contributed by atoms with Gasteiger partial charge in [-0.2, -0.15) is 0 Å². The lowest BCUT2D eigenvalue weighted by Gasteiger charge is -2.18. The molecule has 0 saturated heterocycles. The predicted octanol–water partition coefficient (Wildman–Crippen LogP) is 2.85. The minimum Gasteiger partial charge on any atom is -0.361 e. The fraction of sp³-hybridized carbons (Fsp3) is 0.154. The number of nitrogens with zero attached hydrogens (tertiary/aromatic N) is 1. The zero-order valence-electron chi connectivity index (χ0n) is 9.31. The summed E-state index contributed by atoms with van der Waals surface area (Å²) in [6.45, 7) is 0.483. The maximum absolute atomic E-state index is 6.05. The normalized spacial score (nSPS) is 12.1. The van der Waals surface area contributed by atoms with Crippen LogP contribution in [0, 0.1) is 0 Å². The van der Waals surface area contributed by atoms with Crippen molar-refractivity contribution in [1.82, 2.24) is 4.98 Å². The Balaban J connectivity index is 2.19. The van der Waals surface area contributed by atoms with Gasteiger partial charge in [-0.3, -0.25) is 0 Å². The topological polar surface area (TPSA) is 50.9 Å². The van der Waals surface area contributed by atoms with Gasteiger partial charge in [0, 0.05) is 12.7 Å². The molecule has 0 aliphatic carbocycles. The Kier molecular flexibility index (Phi) is 3.96. The van der Waals surface area contributed by atoms with Gasteiger partial charge < -0.3 is 11.1 Å². The van der Waals surface area contributed by atoms with Gasteiger partial charge in [-0.1, -0.05) is 41.9 Å². The van der Waals surface area contributed by atoms with Crippen LogP contribution in [0.3, 0.4) is 0 Å². The number of nitrogens with one attached hydrogen (secondary N) is 1. The minimum atomic E-state index is 0.0172. The van der Waals surface area contributed by atoms with Crippen molar-refractivity contribution in [3.8, 4) is 0 Å². The quantitative estimate of drug-likeness (QED) is 0.874. The van der Waals surface area contributed by atoms with E-state index in [2.05, 4.69) is 10.3 Å². The van der Waals surface area contributed by atoms with Gasteiger partial charge in [0.15, 0.2) is 0 Å². The van der Waals surface area contributed by atoms with E-state index in [1.807, 2.05) is 30.3 Å². The molecule has 1 heterocycles. The maximum atomic E-state index is 6.05. The molecular formula is C13H14ClN3. The van der Waals surface area contributed by atoms with Crippen molar-refractivity contribution >= 4 is 17.4 Å². The third-order valence-electron chi connectivity index (χ3n) is 2.51. The van der Waals surface area contributed by atoms with E-state index in [0.717, 1.165) is 5.56 Å². The largest absolute Gasteiger partial charge is 0.361 e. The molecule has 1 aromatic carbocycles. The van der Waals surface area contributed by atoms with E-state index in [1.165, 1.54) is 0 Å². The lowest BCUT2D eigenvalue weighted by molar-refractivity contribution is 0.784. The van der Waals surface area contributed by atoms with Gasteiger partial charge in [0.25, 0.3) is 0 Å². The van der Waals surface area contributed by atoms with Crippen molar-refractivity contribution in [3.63, 3.8) is 0 Å². The minimum absolute atomic E-state index is 0.0172. The highest BCUT2D eigenvalue weighted by Gasteiger charge is 2.10. The van der Waals surface area contributed by atoms with Crippen molar-refractivity contribution in [3.05, 3.63) is 59.2 Å². The molecule has 0 saturated carbocycles. The fourth-order valence-corrected chi connectivity index (χ4v) is 1.80. The van der Waals surface area contributed by atoms with Crippen LogP contribution < -0.4 is 11.1 Å². The Labute approximate surface area is 106 Å². The number of benzene rings is 1. The Morgan fingerprint density at radius 2 is 1.94 bits per heavy atom. The standard InChI is InChI=1S/C13H14ClN3/c14-11-7-4-8-16-13(11)17-12(9-15)10-5-2-1-3-6-10/h1-8,12H,9,15H2,(H,16,17). The van der Waals surface area contributed by atoms with Gasteiger partial charge in [0.1, 0.15) is 5.82 Å². The average Bonchev–Trinajstić information content (AvgIpc) is 2.39. The molecule has 0 amide bonds. The second-order valence-corrected chi connectivity index (χ2v) is 4.08. The lowest BCUT2D eigenvalue weighted by atomic mass is 10.1. The molecule has 17 heavy (non-hydrogen) atoms. The van der Waals surface area contributed by atoms with Crippen molar-refractivity contribution < 1.29 is 0 Å². The maximum Gasteiger partial charge on any atom is 0.145 e. The molecule has 88 valence electrons. The third-order valence-corrected chi connectivity index (χ3v) is 2.81. The van der Waals surface area contributed by atoms with Gasteiger partial charge in [-0.05, 0) is 17.7 Å². The Hall–Kier alpha value is -1.58. The fourth-order valence-electron chi connectivity index (χ4n) is 1.62. The molecule has 0 bridgehead atoms. The van der Waals surface area contributed by atoms with Crippen LogP contribution in [0.4, 0.5) is 5.82 Å². The Morgan fingerprint density at radius 3 is 2.59 bits per heavy atom. The summed E-state index contributed by atoms with van der Waals surface area (Å²) in [5.74, 6) is 0.661. The Morgan fingerprint density at radius 1 is 1.18 bits per heavy atom. The molecular weight excluding hydrogens is 234 g/mol. The molecule has 0 aliphatic heterocycles. The zero-order chi connectivity index (χ0) is 12.1. The van der Waals surface area contributed by atoms with Crippen LogP contribution in [-0.4, -0.2) is 11.5 Å². The van der Waals surface area contributed by atoms with Crippen molar-refractivity contribution in [2.75, 3.05) is 11.9 Å². The highest BCUT2D eigenvalue weighted by molar-refractivity contribution is 6.32. The van der Waals surface area contributed by atoms with Crippen molar-refractivity contribution in [1.29, 1.82) is 0 Å². The molecule has 1 aromatic heterocycles. The summed E-state index contributed by atoms with van der Waals surface area (Å²) in [4.78, 5) is 4.19. The highest BCUT2D eigenvalue weighted by atomic mass is 35.5. The van der Waals surface area contributed by atoms with E-state index >= 15 is 0 Å². The summed E-state index contributed by atoms with van der Waals surface area (Å²) >= 11 is 6.05. The van der Waals surface area contributed by atoms with E-state index in [9.17, 15) is 0 Å². The summed E-state index contributed by atoms with van der Waals surface area (Å²) in [6.07, 6.45) is 1.70. The lowest BCUT2D eigenvalue weighted by Crippen LogP contribution is -2.21. The smallest absolute Gasteiger partial charge is 0.145 e. The van der Waals surface area contributed by atoms with Crippen LogP contribution in [0.5, 0.6) is 0 Å². The second-order valence-electron chi connectivity index (χ2n) is 3.68. The first-order valence-corrected chi connectivity index (χ1v) is 5.81.